The Morgan fingerprint density at radius 1 is 1.19 bits per heavy atom. The van der Waals surface area contributed by atoms with Gasteiger partial charge in [0.25, 0.3) is 0 Å². The quantitative estimate of drug-likeness (QED) is 0.730. The first-order valence-corrected chi connectivity index (χ1v) is 8.52. The Balaban J connectivity index is 1.96. The van der Waals surface area contributed by atoms with E-state index in [1.807, 2.05) is 25.5 Å². The van der Waals surface area contributed by atoms with E-state index in [9.17, 15) is 4.39 Å². The fourth-order valence-corrected chi connectivity index (χ4v) is 2.50. The maximum atomic E-state index is 13.8. The molecule has 0 atom stereocenters. The molecule has 0 amide bonds. The summed E-state index contributed by atoms with van der Waals surface area (Å²) in [5.74, 6) is 1.00. The standard InChI is InChI=1S/C19H22FN5O/c1-12(2)25-11-18(13(3)24-25)26-17-8-15(20)4-5-16(17)19-22-9-14(6-7-21)10-23-19/h4-5,8-12H,6-7,21H2,1-3H3. The van der Waals surface area contributed by atoms with Crippen LogP contribution in [-0.4, -0.2) is 26.3 Å². The van der Waals surface area contributed by atoms with Crippen LogP contribution in [0.25, 0.3) is 11.4 Å². The Bertz CT molecular complexity index is 889. The van der Waals surface area contributed by atoms with Crippen molar-refractivity contribution < 1.29 is 9.13 Å². The molecular formula is C19H22FN5O. The van der Waals surface area contributed by atoms with E-state index in [1.165, 1.54) is 12.1 Å². The number of rotatable bonds is 6. The minimum atomic E-state index is -0.391. The van der Waals surface area contributed by atoms with Crippen molar-refractivity contribution in [3.63, 3.8) is 0 Å². The van der Waals surface area contributed by atoms with Gasteiger partial charge in [0.1, 0.15) is 17.3 Å². The highest BCUT2D eigenvalue weighted by atomic mass is 19.1. The van der Waals surface area contributed by atoms with Gasteiger partial charge in [0.2, 0.25) is 0 Å². The number of hydrogen-bond donors (Lipinski definition) is 1. The highest BCUT2D eigenvalue weighted by Gasteiger charge is 2.15. The zero-order valence-corrected chi connectivity index (χ0v) is 15.1. The molecule has 0 saturated carbocycles. The lowest BCUT2D eigenvalue weighted by molar-refractivity contribution is 0.471. The normalized spacial score (nSPS) is 11.2. The van der Waals surface area contributed by atoms with Gasteiger partial charge in [-0.25, -0.2) is 14.4 Å². The zero-order valence-electron chi connectivity index (χ0n) is 15.1. The Kier molecular flexibility index (Phi) is 5.27. The van der Waals surface area contributed by atoms with Gasteiger partial charge in [-0.05, 0) is 51.4 Å². The maximum Gasteiger partial charge on any atom is 0.168 e. The highest BCUT2D eigenvalue weighted by Crippen LogP contribution is 2.33. The largest absolute Gasteiger partial charge is 0.453 e. The van der Waals surface area contributed by atoms with Crippen molar-refractivity contribution in [3.8, 4) is 22.9 Å². The predicted octanol–water partition coefficient (Wildman–Crippen LogP) is 3.66. The van der Waals surface area contributed by atoms with E-state index >= 15 is 0 Å². The Morgan fingerprint density at radius 2 is 1.92 bits per heavy atom. The molecule has 0 aliphatic rings. The van der Waals surface area contributed by atoms with Crippen LogP contribution in [0.4, 0.5) is 4.39 Å². The summed E-state index contributed by atoms with van der Waals surface area (Å²) in [5.41, 5.74) is 7.85. The molecule has 0 fully saturated rings. The summed E-state index contributed by atoms with van der Waals surface area (Å²) < 4.78 is 21.6. The first kappa shape index (κ1) is 18.0. The molecule has 0 unspecified atom stereocenters. The third-order valence-corrected chi connectivity index (χ3v) is 3.94. The van der Waals surface area contributed by atoms with E-state index in [1.54, 1.807) is 24.7 Å². The van der Waals surface area contributed by atoms with E-state index in [4.69, 9.17) is 10.5 Å². The van der Waals surface area contributed by atoms with Crippen molar-refractivity contribution in [2.24, 2.45) is 5.73 Å². The Hall–Kier alpha value is -2.80. The van der Waals surface area contributed by atoms with E-state index < -0.39 is 5.82 Å². The SMILES string of the molecule is Cc1nn(C(C)C)cc1Oc1cc(F)ccc1-c1ncc(CCN)cn1. The molecule has 0 bridgehead atoms. The zero-order chi connectivity index (χ0) is 18.7. The fraction of sp³-hybridized carbons (Fsp3) is 0.316. The van der Waals surface area contributed by atoms with E-state index in [0.29, 0.717) is 35.9 Å². The van der Waals surface area contributed by atoms with Crippen molar-refractivity contribution in [1.82, 2.24) is 19.7 Å². The summed E-state index contributed by atoms with van der Waals surface area (Å²) in [6, 6.07) is 4.52. The second kappa shape index (κ2) is 7.61. The number of aromatic nitrogens is 4. The summed E-state index contributed by atoms with van der Waals surface area (Å²) in [7, 11) is 0. The summed E-state index contributed by atoms with van der Waals surface area (Å²) in [6.07, 6.45) is 5.97. The van der Waals surface area contributed by atoms with Gasteiger partial charge in [0, 0.05) is 24.5 Å². The molecular weight excluding hydrogens is 333 g/mol. The van der Waals surface area contributed by atoms with Crippen LogP contribution in [0.2, 0.25) is 0 Å². The molecule has 0 spiro atoms. The van der Waals surface area contributed by atoms with Gasteiger partial charge < -0.3 is 10.5 Å². The number of aryl methyl sites for hydroxylation is 1. The molecule has 2 heterocycles. The summed E-state index contributed by atoms with van der Waals surface area (Å²) in [5, 5.41) is 4.42. The van der Waals surface area contributed by atoms with E-state index in [-0.39, 0.29) is 6.04 Å². The minimum Gasteiger partial charge on any atom is -0.453 e. The lowest BCUT2D eigenvalue weighted by Crippen LogP contribution is -2.04. The molecule has 3 aromatic rings. The first-order chi connectivity index (χ1) is 12.5. The molecule has 136 valence electrons. The van der Waals surface area contributed by atoms with Gasteiger partial charge in [-0.15, -0.1) is 0 Å². The van der Waals surface area contributed by atoms with Crippen LogP contribution in [0.3, 0.4) is 0 Å². The van der Waals surface area contributed by atoms with Crippen LogP contribution in [0, 0.1) is 12.7 Å². The van der Waals surface area contributed by atoms with Crippen LogP contribution in [0.15, 0.2) is 36.8 Å². The molecule has 6 nitrogen and oxygen atoms in total. The number of halogens is 1. The van der Waals surface area contributed by atoms with Gasteiger partial charge in [-0.1, -0.05) is 0 Å². The number of hydrogen-bond acceptors (Lipinski definition) is 5. The monoisotopic (exact) mass is 355 g/mol. The van der Waals surface area contributed by atoms with E-state index in [0.717, 1.165) is 11.3 Å². The summed E-state index contributed by atoms with van der Waals surface area (Å²) >= 11 is 0. The topological polar surface area (TPSA) is 78.8 Å². The van der Waals surface area contributed by atoms with Crippen molar-refractivity contribution in [1.29, 1.82) is 0 Å². The van der Waals surface area contributed by atoms with Crippen LogP contribution in [0.1, 0.15) is 31.1 Å². The number of ether oxygens (including phenoxy) is 1. The van der Waals surface area contributed by atoms with Crippen LogP contribution >= 0.6 is 0 Å². The molecule has 0 aliphatic carbocycles. The average Bonchev–Trinajstić information content (AvgIpc) is 2.97. The second-order valence-corrected chi connectivity index (χ2v) is 6.35. The van der Waals surface area contributed by atoms with Crippen LogP contribution in [-0.2, 0) is 6.42 Å². The van der Waals surface area contributed by atoms with Gasteiger partial charge in [0.05, 0.1) is 11.8 Å². The molecule has 0 aliphatic heterocycles. The van der Waals surface area contributed by atoms with Gasteiger partial charge in [0.15, 0.2) is 11.6 Å². The van der Waals surface area contributed by atoms with Gasteiger partial charge in [-0.3, -0.25) is 4.68 Å². The lowest BCUT2D eigenvalue weighted by atomic mass is 10.1. The van der Waals surface area contributed by atoms with Crippen molar-refractivity contribution in [2.45, 2.75) is 33.2 Å². The summed E-state index contributed by atoms with van der Waals surface area (Å²) in [6.45, 7) is 6.44. The minimum absolute atomic E-state index is 0.205. The lowest BCUT2D eigenvalue weighted by Gasteiger charge is -2.10. The number of nitrogens with two attached hydrogens (primary N) is 1. The van der Waals surface area contributed by atoms with Gasteiger partial charge >= 0.3 is 0 Å². The molecule has 0 radical (unpaired) electrons. The van der Waals surface area contributed by atoms with Crippen molar-refractivity contribution in [2.75, 3.05) is 6.54 Å². The van der Waals surface area contributed by atoms with Crippen molar-refractivity contribution >= 4 is 0 Å². The number of benzene rings is 1. The third kappa shape index (κ3) is 3.88. The molecule has 2 N–H and O–H groups in total. The fourth-order valence-electron chi connectivity index (χ4n) is 2.50. The van der Waals surface area contributed by atoms with Crippen LogP contribution in [0.5, 0.6) is 11.5 Å². The molecule has 2 aromatic heterocycles. The smallest absolute Gasteiger partial charge is 0.168 e. The first-order valence-electron chi connectivity index (χ1n) is 8.52. The van der Waals surface area contributed by atoms with E-state index in [2.05, 4.69) is 15.1 Å². The van der Waals surface area contributed by atoms with Crippen molar-refractivity contribution in [3.05, 3.63) is 53.9 Å². The Morgan fingerprint density at radius 3 is 2.54 bits per heavy atom. The molecule has 0 saturated heterocycles. The average molecular weight is 355 g/mol. The third-order valence-electron chi connectivity index (χ3n) is 3.94. The maximum absolute atomic E-state index is 13.8. The van der Waals surface area contributed by atoms with Gasteiger partial charge in [-0.2, -0.15) is 5.10 Å². The molecule has 26 heavy (non-hydrogen) atoms. The second-order valence-electron chi connectivity index (χ2n) is 6.35. The molecule has 1 aromatic carbocycles. The molecule has 3 rings (SSSR count). The Labute approximate surface area is 151 Å². The number of nitrogens with zero attached hydrogens (tertiary/aromatic N) is 4. The highest BCUT2D eigenvalue weighted by molar-refractivity contribution is 5.64. The molecule has 7 heteroatoms. The predicted molar refractivity (Wildman–Crippen MR) is 97.6 cm³/mol. The van der Waals surface area contributed by atoms with Crippen LogP contribution < -0.4 is 10.5 Å². The summed E-state index contributed by atoms with van der Waals surface area (Å²) in [4.78, 5) is 8.73.